The van der Waals surface area contributed by atoms with Gasteiger partial charge in [-0.05, 0) is 26.0 Å². The van der Waals surface area contributed by atoms with Crippen molar-refractivity contribution in [2.24, 2.45) is 0 Å². The zero-order valence-corrected chi connectivity index (χ0v) is 18.7. The highest BCUT2D eigenvalue weighted by molar-refractivity contribution is 7.19. The SMILES string of the molecule is CC(C)(O)C(=O)NCc1cc2nc(-c3cccc4[nH]ncc34)nc(N3CCOCC3)c2s1. The van der Waals surface area contributed by atoms with Gasteiger partial charge in [0.1, 0.15) is 5.60 Å². The molecule has 4 heterocycles. The van der Waals surface area contributed by atoms with Gasteiger partial charge < -0.3 is 20.1 Å². The van der Waals surface area contributed by atoms with Gasteiger partial charge in [0.15, 0.2) is 11.6 Å². The van der Waals surface area contributed by atoms with Gasteiger partial charge in [0.05, 0.1) is 41.7 Å². The molecule has 32 heavy (non-hydrogen) atoms. The molecule has 0 spiro atoms. The molecule has 0 radical (unpaired) electrons. The lowest BCUT2D eigenvalue weighted by molar-refractivity contribution is -0.136. The van der Waals surface area contributed by atoms with Crippen molar-refractivity contribution < 1.29 is 14.6 Å². The maximum absolute atomic E-state index is 12.1. The number of hydrogen-bond acceptors (Lipinski definition) is 8. The Morgan fingerprint density at radius 2 is 2.12 bits per heavy atom. The largest absolute Gasteiger partial charge is 0.381 e. The summed E-state index contributed by atoms with van der Waals surface area (Å²) in [6.07, 6.45) is 1.79. The summed E-state index contributed by atoms with van der Waals surface area (Å²) < 4.78 is 6.51. The molecule has 9 nitrogen and oxygen atoms in total. The van der Waals surface area contributed by atoms with E-state index < -0.39 is 11.5 Å². The zero-order valence-electron chi connectivity index (χ0n) is 17.9. The Bertz CT molecular complexity index is 1290. The molecule has 3 aromatic heterocycles. The lowest BCUT2D eigenvalue weighted by Gasteiger charge is -2.28. The molecule has 1 aromatic carbocycles. The monoisotopic (exact) mass is 452 g/mol. The van der Waals surface area contributed by atoms with Crippen LogP contribution < -0.4 is 10.2 Å². The van der Waals surface area contributed by atoms with Crippen molar-refractivity contribution in [1.82, 2.24) is 25.5 Å². The van der Waals surface area contributed by atoms with Crippen LogP contribution in [0.25, 0.3) is 32.5 Å². The fourth-order valence-corrected chi connectivity index (χ4v) is 4.76. The fraction of sp³-hybridized carbons (Fsp3) is 0.364. The Morgan fingerprint density at radius 1 is 1.31 bits per heavy atom. The Balaban J connectivity index is 1.58. The lowest BCUT2D eigenvalue weighted by Crippen LogP contribution is -2.41. The number of carbonyl (C=O) groups excluding carboxylic acids is 1. The third-order valence-electron chi connectivity index (χ3n) is 5.42. The molecule has 1 fully saturated rings. The molecule has 5 rings (SSSR count). The van der Waals surface area contributed by atoms with Gasteiger partial charge >= 0.3 is 0 Å². The first-order chi connectivity index (χ1) is 15.4. The van der Waals surface area contributed by atoms with Crippen LogP contribution in [0.5, 0.6) is 0 Å². The molecule has 1 saturated heterocycles. The van der Waals surface area contributed by atoms with E-state index in [9.17, 15) is 9.90 Å². The van der Waals surface area contributed by atoms with Crippen LogP contribution in [-0.2, 0) is 16.1 Å². The average Bonchev–Trinajstić information content (AvgIpc) is 3.43. The van der Waals surface area contributed by atoms with Gasteiger partial charge in [-0.2, -0.15) is 5.10 Å². The van der Waals surface area contributed by atoms with Gasteiger partial charge in [0.2, 0.25) is 0 Å². The Morgan fingerprint density at radius 3 is 2.91 bits per heavy atom. The van der Waals surface area contributed by atoms with Gasteiger partial charge in [-0.3, -0.25) is 9.89 Å². The minimum Gasteiger partial charge on any atom is -0.381 e. The van der Waals surface area contributed by atoms with E-state index in [-0.39, 0.29) is 0 Å². The summed E-state index contributed by atoms with van der Waals surface area (Å²) in [4.78, 5) is 25.1. The second kappa shape index (κ2) is 8.12. The number of benzene rings is 1. The number of aromatic nitrogens is 4. The van der Waals surface area contributed by atoms with E-state index in [1.165, 1.54) is 13.8 Å². The van der Waals surface area contributed by atoms with Crippen molar-refractivity contribution in [3.05, 3.63) is 35.3 Å². The van der Waals surface area contributed by atoms with E-state index in [4.69, 9.17) is 14.7 Å². The molecule has 0 bridgehead atoms. The fourth-order valence-electron chi connectivity index (χ4n) is 3.71. The van der Waals surface area contributed by atoms with Crippen LogP contribution in [0.2, 0.25) is 0 Å². The summed E-state index contributed by atoms with van der Waals surface area (Å²) in [7, 11) is 0. The number of thiophene rings is 1. The Kier molecular flexibility index (Phi) is 5.28. The molecule has 1 amide bonds. The number of aliphatic hydroxyl groups is 1. The third-order valence-corrected chi connectivity index (χ3v) is 6.54. The Labute approximate surface area is 188 Å². The number of hydrogen-bond donors (Lipinski definition) is 3. The molecule has 1 aliphatic heterocycles. The number of amides is 1. The average molecular weight is 453 g/mol. The van der Waals surface area contributed by atoms with E-state index in [0.717, 1.165) is 50.5 Å². The number of fused-ring (bicyclic) bond motifs is 2. The normalized spacial score (nSPS) is 14.9. The topological polar surface area (TPSA) is 116 Å². The lowest BCUT2D eigenvalue weighted by atomic mass is 10.1. The predicted molar refractivity (Wildman–Crippen MR) is 124 cm³/mol. The van der Waals surface area contributed by atoms with Crippen molar-refractivity contribution in [3.8, 4) is 11.4 Å². The van der Waals surface area contributed by atoms with E-state index >= 15 is 0 Å². The maximum atomic E-state index is 12.1. The standard InChI is InChI=1S/C22H24N6O3S/c1-22(2,30)21(29)23-11-13-10-17-18(32-13)20(28-6-8-31-9-7-28)26-19(25-17)14-4-3-5-16-15(14)12-24-27-16/h3-5,10,12,30H,6-9,11H2,1-2H3,(H,23,29)(H,24,27). The molecule has 10 heteroatoms. The number of morpholine rings is 1. The molecule has 166 valence electrons. The minimum absolute atomic E-state index is 0.318. The molecule has 0 unspecified atom stereocenters. The second-order valence-electron chi connectivity index (χ2n) is 8.28. The molecule has 4 aromatic rings. The first-order valence-corrected chi connectivity index (χ1v) is 11.3. The third kappa shape index (κ3) is 3.92. The molecular weight excluding hydrogens is 428 g/mol. The van der Waals surface area contributed by atoms with Crippen LogP contribution in [0.4, 0.5) is 5.82 Å². The number of carbonyl (C=O) groups is 1. The molecule has 0 aliphatic carbocycles. The quantitative estimate of drug-likeness (QED) is 0.426. The smallest absolute Gasteiger partial charge is 0.251 e. The van der Waals surface area contributed by atoms with Crippen molar-refractivity contribution in [1.29, 1.82) is 0 Å². The van der Waals surface area contributed by atoms with E-state index in [1.54, 1.807) is 17.5 Å². The van der Waals surface area contributed by atoms with Gasteiger partial charge in [-0.25, -0.2) is 9.97 Å². The van der Waals surface area contributed by atoms with Crippen molar-refractivity contribution in [2.75, 3.05) is 31.2 Å². The highest BCUT2D eigenvalue weighted by atomic mass is 32.1. The molecule has 1 aliphatic rings. The zero-order chi connectivity index (χ0) is 22.3. The first kappa shape index (κ1) is 20.8. The van der Waals surface area contributed by atoms with Gasteiger partial charge in [0, 0.05) is 28.9 Å². The van der Waals surface area contributed by atoms with Crippen LogP contribution in [0.1, 0.15) is 18.7 Å². The molecule has 0 atom stereocenters. The molecule has 3 N–H and O–H groups in total. The van der Waals surface area contributed by atoms with Crippen LogP contribution >= 0.6 is 11.3 Å². The summed E-state index contributed by atoms with van der Waals surface area (Å²) in [5, 5.41) is 20.8. The summed E-state index contributed by atoms with van der Waals surface area (Å²) in [6, 6.07) is 7.92. The summed E-state index contributed by atoms with van der Waals surface area (Å²) >= 11 is 1.56. The van der Waals surface area contributed by atoms with Gasteiger partial charge in [-0.1, -0.05) is 12.1 Å². The van der Waals surface area contributed by atoms with E-state index in [0.29, 0.717) is 25.6 Å². The van der Waals surface area contributed by atoms with Crippen LogP contribution in [0.3, 0.4) is 0 Å². The van der Waals surface area contributed by atoms with Crippen LogP contribution in [-0.4, -0.2) is 63.1 Å². The number of anilines is 1. The van der Waals surface area contributed by atoms with Crippen LogP contribution in [0.15, 0.2) is 30.5 Å². The summed E-state index contributed by atoms with van der Waals surface area (Å²) in [5.74, 6) is 1.09. The van der Waals surface area contributed by atoms with E-state index in [2.05, 4.69) is 20.4 Å². The highest BCUT2D eigenvalue weighted by Crippen LogP contribution is 2.35. The van der Waals surface area contributed by atoms with Crippen molar-refractivity contribution >= 4 is 44.2 Å². The number of nitrogens with zero attached hydrogens (tertiary/aromatic N) is 4. The number of ether oxygens (including phenoxy) is 1. The van der Waals surface area contributed by atoms with Crippen molar-refractivity contribution in [2.45, 2.75) is 26.0 Å². The summed E-state index contributed by atoms with van der Waals surface area (Å²) in [6.45, 7) is 6.07. The van der Waals surface area contributed by atoms with Gasteiger partial charge in [0.25, 0.3) is 5.91 Å². The summed E-state index contributed by atoms with van der Waals surface area (Å²) in [5.41, 5.74) is 1.25. The molecule has 0 saturated carbocycles. The van der Waals surface area contributed by atoms with Crippen LogP contribution in [0, 0.1) is 0 Å². The first-order valence-electron chi connectivity index (χ1n) is 10.5. The highest BCUT2D eigenvalue weighted by Gasteiger charge is 2.24. The second-order valence-corrected chi connectivity index (χ2v) is 9.41. The number of nitrogens with one attached hydrogen (secondary N) is 2. The predicted octanol–water partition coefficient (Wildman–Crippen LogP) is 2.46. The number of aromatic amines is 1. The maximum Gasteiger partial charge on any atom is 0.251 e. The number of rotatable bonds is 5. The van der Waals surface area contributed by atoms with Crippen molar-refractivity contribution in [3.63, 3.8) is 0 Å². The Hall–Kier alpha value is -3.08. The number of H-pyrrole nitrogens is 1. The van der Waals surface area contributed by atoms with E-state index in [1.807, 2.05) is 24.3 Å². The minimum atomic E-state index is -1.42. The van der Waals surface area contributed by atoms with Gasteiger partial charge in [-0.15, -0.1) is 11.3 Å². The molecular formula is C22H24N6O3S.